The Morgan fingerprint density at radius 3 is 2.71 bits per heavy atom. The van der Waals surface area contributed by atoms with Gasteiger partial charge in [-0.3, -0.25) is 0 Å². The Morgan fingerprint density at radius 1 is 1.24 bits per heavy atom. The highest BCUT2D eigenvalue weighted by molar-refractivity contribution is 5.66. The van der Waals surface area contributed by atoms with Crippen LogP contribution < -0.4 is 5.32 Å². The molecule has 0 spiro atoms. The number of hydrogen-bond donors (Lipinski definition) is 2. The molecule has 0 radical (unpaired) electrons. The van der Waals surface area contributed by atoms with Gasteiger partial charge in [0.25, 0.3) is 0 Å². The fourth-order valence-corrected chi connectivity index (χ4v) is 1.62. The third-order valence-electron chi connectivity index (χ3n) is 2.57. The van der Waals surface area contributed by atoms with E-state index in [9.17, 15) is 4.39 Å². The number of hydrogen-bond acceptors (Lipinski definition) is 3. The Kier molecular flexibility index (Phi) is 3.35. The lowest BCUT2D eigenvalue weighted by Gasteiger charge is -2.06. The van der Waals surface area contributed by atoms with E-state index in [4.69, 9.17) is 5.11 Å². The molecule has 3 nitrogen and oxygen atoms in total. The number of anilines is 1. The van der Waals surface area contributed by atoms with Gasteiger partial charge in [-0.2, -0.15) is 0 Å². The quantitative estimate of drug-likeness (QED) is 0.854. The Balaban J connectivity index is 2.45. The van der Waals surface area contributed by atoms with Crippen LogP contribution in [0.4, 0.5) is 10.2 Å². The highest BCUT2D eigenvalue weighted by Crippen LogP contribution is 2.23. The molecule has 0 aliphatic heterocycles. The molecule has 0 aliphatic rings. The largest absolute Gasteiger partial charge is 0.392 e. The number of benzene rings is 1. The first kappa shape index (κ1) is 11.5. The van der Waals surface area contributed by atoms with Crippen LogP contribution >= 0.6 is 0 Å². The minimum atomic E-state index is -0.390. The van der Waals surface area contributed by atoms with Gasteiger partial charge in [-0.1, -0.05) is 6.07 Å². The normalized spacial score (nSPS) is 10.3. The lowest BCUT2D eigenvalue weighted by molar-refractivity contribution is 0.276. The first-order valence-electron chi connectivity index (χ1n) is 5.28. The number of halogens is 1. The molecule has 2 rings (SSSR count). The van der Waals surface area contributed by atoms with Gasteiger partial charge < -0.3 is 10.4 Å². The van der Waals surface area contributed by atoms with Crippen molar-refractivity contribution in [1.82, 2.24) is 4.98 Å². The molecule has 0 fully saturated rings. The zero-order valence-electron chi connectivity index (χ0n) is 9.44. The van der Waals surface area contributed by atoms with Gasteiger partial charge in [0, 0.05) is 18.8 Å². The lowest BCUT2D eigenvalue weighted by atomic mass is 10.0. The van der Waals surface area contributed by atoms with Gasteiger partial charge in [-0.15, -0.1) is 0 Å². The van der Waals surface area contributed by atoms with Crippen LogP contribution in [-0.4, -0.2) is 17.1 Å². The number of rotatable bonds is 3. The number of pyridine rings is 1. The molecule has 2 aromatic rings. The summed E-state index contributed by atoms with van der Waals surface area (Å²) in [5, 5.41) is 12.0. The average Bonchev–Trinajstić information content (AvgIpc) is 2.39. The van der Waals surface area contributed by atoms with E-state index >= 15 is 0 Å². The first-order valence-corrected chi connectivity index (χ1v) is 5.28. The second-order valence-electron chi connectivity index (χ2n) is 3.64. The van der Waals surface area contributed by atoms with Gasteiger partial charge in [0.2, 0.25) is 0 Å². The summed E-state index contributed by atoms with van der Waals surface area (Å²) in [7, 11) is 1.79. The van der Waals surface area contributed by atoms with Crippen molar-refractivity contribution in [3.8, 4) is 11.1 Å². The summed E-state index contributed by atoms with van der Waals surface area (Å²) in [6.45, 7) is -0.302. The molecular weight excluding hydrogens is 219 g/mol. The summed E-state index contributed by atoms with van der Waals surface area (Å²) in [6, 6.07) is 8.40. The SMILES string of the molecule is CNc1cc(-c2ccc(F)c(CO)c2)ccn1. The third kappa shape index (κ3) is 2.42. The molecule has 0 unspecified atom stereocenters. The minimum Gasteiger partial charge on any atom is -0.392 e. The van der Waals surface area contributed by atoms with E-state index in [1.54, 1.807) is 25.4 Å². The molecular formula is C13H13FN2O. The molecule has 17 heavy (non-hydrogen) atoms. The van der Waals surface area contributed by atoms with Crippen molar-refractivity contribution in [3.63, 3.8) is 0 Å². The Labute approximate surface area is 98.9 Å². The number of aliphatic hydroxyl groups excluding tert-OH is 1. The van der Waals surface area contributed by atoms with Gasteiger partial charge in [0.1, 0.15) is 11.6 Å². The van der Waals surface area contributed by atoms with Gasteiger partial charge in [0.05, 0.1) is 6.61 Å². The maximum absolute atomic E-state index is 13.2. The van der Waals surface area contributed by atoms with Crippen LogP contribution in [0, 0.1) is 5.82 Å². The molecule has 1 heterocycles. The van der Waals surface area contributed by atoms with E-state index in [0.717, 1.165) is 16.9 Å². The van der Waals surface area contributed by atoms with E-state index < -0.39 is 0 Å². The fourth-order valence-electron chi connectivity index (χ4n) is 1.62. The molecule has 0 saturated carbocycles. The van der Waals surface area contributed by atoms with Crippen molar-refractivity contribution in [2.24, 2.45) is 0 Å². The van der Waals surface area contributed by atoms with Crippen molar-refractivity contribution < 1.29 is 9.50 Å². The van der Waals surface area contributed by atoms with E-state index in [0.29, 0.717) is 5.56 Å². The van der Waals surface area contributed by atoms with Crippen molar-refractivity contribution in [3.05, 3.63) is 47.9 Å². The average molecular weight is 232 g/mol. The van der Waals surface area contributed by atoms with Crippen molar-refractivity contribution >= 4 is 5.82 Å². The van der Waals surface area contributed by atoms with Crippen LogP contribution in [0.2, 0.25) is 0 Å². The number of aliphatic hydroxyl groups is 1. The molecule has 1 aromatic heterocycles. The van der Waals surface area contributed by atoms with E-state index in [1.165, 1.54) is 6.07 Å². The predicted octanol–water partition coefficient (Wildman–Crippen LogP) is 2.42. The van der Waals surface area contributed by atoms with E-state index in [2.05, 4.69) is 10.3 Å². The second-order valence-corrected chi connectivity index (χ2v) is 3.64. The molecule has 0 bridgehead atoms. The lowest BCUT2D eigenvalue weighted by Crippen LogP contribution is -1.93. The Morgan fingerprint density at radius 2 is 2.00 bits per heavy atom. The van der Waals surface area contributed by atoms with Crippen LogP contribution in [0.1, 0.15) is 5.56 Å². The maximum Gasteiger partial charge on any atom is 0.128 e. The molecule has 4 heteroatoms. The molecule has 0 aliphatic carbocycles. The number of aromatic nitrogens is 1. The van der Waals surface area contributed by atoms with Crippen molar-refractivity contribution in [2.45, 2.75) is 6.61 Å². The predicted molar refractivity (Wildman–Crippen MR) is 65.1 cm³/mol. The van der Waals surface area contributed by atoms with Crippen LogP contribution in [0.15, 0.2) is 36.5 Å². The first-order chi connectivity index (χ1) is 8.24. The molecule has 2 N–H and O–H groups in total. The van der Waals surface area contributed by atoms with Gasteiger partial charge in [-0.05, 0) is 35.4 Å². The van der Waals surface area contributed by atoms with Gasteiger partial charge >= 0.3 is 0 Å². The topological polar surface area (TPSA) is 45.1 Å². The molecule has 0 saturated heterocycles. The summed E-state index contributed by atoms with van der Waals surface area (Å²) < 4.78 is 13.2. The summed E-state index contributed by atoms with van der Waals surface area (Å²) in [5.74, 6) is 0.358. The monoisotopic (exact) mass is 232 g/mol. The van der Waals surface area contributed by atoms with Crippen LogP contribution in [0.5, 0.6) is 0 Å². The van der Waals surface area contributed by atoms with Gasteiger partial charge in [-0.25, -0.2) is 9.37 Å². The fraction of sp³-hybridized carbons (Fsp3) is 0.154. The van der Waals surface area contributed by atoms with E-state index in [1.807, 2.05) is 12.1 Å². The number of nitrogens with one attached hydrogen (secondary N) is 1. The Hall–Kier alpha value is -1.94. The molecule has 0 atom stereocenters. The Bertz CT molecular complexity index is 529. The van der Waals surface area contributed by atoms with Crippen LogP contribution in [0.3, 0.4) is 0 Å². The van der Waals surface area contributed by atoms with Crippen LogP contribution in [-0.2, 0) is 6.61 Å². The highest BCUT2D eigenvalue weighted by atomic mass is 19.1. The summed E-state index contributed by atoms with van der Waals surface area (Å²) in [5.41, 5.74) is 2.08. The zero-order chi connectivity index (χ0) is 12.3. The summed E-state index contributed by atoms with van der Waals surface area (Å²) in [4.78, 5) is 4.11. The van der Waals surface area contributed by atoms with E-state index in [-0.39, 0.29) is 12.4 Å². The standard InChI is InChI=1S/C13H13FN2O/c1-15-13-7-10(4-5-16-13)9-2-3-12(14)11(6-9)8-17/h2-7,17H,8H2,1H3,(H,15,16). The number of nitrogens with zero attached hydrogens (tertiary/aromatic N) is 1. The van der Waals surface area contributed by atoms with Crippen molar-refractivity contribution in [2.75, 3.05) is 12.4 Å². The van der Waals surface area contributed by atoms with Crippen LogP contribution in [0.25, 0.3) is 11.1 Å². The van der Waals surface area contributed by atoms with Crippen molar-refractivity contribution in [1.29, 1.82) is 0 Å². The summed E-state index contributed by atoms with van der Waals surface area (Å²) in [6.07, 6.45) is 1.68. The maximum atomic E-state index is 13.2. The zero-order valence-corrected chi connectivity index (χ0v) is 9.44. The van der Waals surface area contributed by atoms with Gasteiger partial charge in [0.15, 0.2) is 0 Å². The smallest absolute Gasteiger partial charge is 0.128 e. The molecule has 0 amide bonds. The summed E-state index contributed by atoms with van der Waals surface area (Å²) >= 11 is 0. The molecule has 1 aromatic carbocycles. The highest BCUT2D eigenvalue weighted by Gasteiger charge is 2.05. The molecule has 88 valence electrons. The second kappa shape index (κ2) is 4.93. The third-order valence-corrected chi connectivity index (χ3v) is 2.57. The minimum absolute atomic E-state index is 0.297.